The second-order valence-corrected chi connectivity index (χ2v) is 7.45. The van der Waals surface area contributed by atoms with Crippen molar-refractivity contribution in [3.63, 3.8) is 0 Å². The van der Waals surface area contributed by atoms with Crippen molar-refractivity contribution < 1.29 is 13.9 Å². The van der Waals surface area contributed by atoms with E-state index in [1.165, 1.54) is 28.9 Å². The van der Waals surface area contributed by atoms with Gasteiger partial charge < -0.3 is 10.1 Å². The van der Waals surface area contributed by atoms with E-state index in [0.717, 1.165) is 17.7 Å². The van der Waals surface area contributed by atoms with E-state index < -0.39 is 0 Å². The lowest BCUT2D eigenvalue weighted by Crippen LogP contribution is -2.34. The molecule has 0 unspecified atom stereocenters. The number of hydrogen-bond donors (Lipinski definition) is 1. The molecule has 146 valence electrons. The fourth-order valence-corrected chi connectivity index (χ4v) is 3.54. The van der Waals surface area contributed by atoms with Crippen LogP contribution in [0.5, 0.6) is 5.75 Å². The van der Waals surface area contributed by atoms with Crippen LogP contribution in [0.2, 0.25) is 0 Å². The van der Waals surface area contributed by atoms with Crippen molar-refractivity contribution >= 4 is 17.2 Å². The zero-order valence-corrected chi connectivity index (χ0v) is 15.8. The predicted molar refractivity (Wildman–Crippen MR) is 103 cm³/mol. The van der Waals surface area contributed by atoms with Gasteiger partial charge in [0.05, 0.1) is 11.4 Å². The molecule has 1 saturated carbocycles. The monoisotopic (exact) mass is 402 g/mol. The van der Waals surface area contributed by atoms with Gasteiger partial charge in [-0.25, -0.2) is 13.9 Å². The summed E-state index contributed by atoms with van der Waals surface area (Å²) in [5, 5.41) is 9.13. The van der Waals surface area contributed by atoms with Gasteiger partial charge >= 0.3 is 5.69 Å². The number of benzene rings is 1. The Morgan fingerprint density at radius 1 is 1.29 bits per heavy atom. The van der Waals surface area contributed by atoms with Crippen LogP contribution in [0.15, 0.2) is 46.6 Å². The Labute approximate surface area is 164 Å². The number of carbonyl (C=O) groups is 1. The molecular formula is C19H19FN4O3S. The molecule has 9 heteroatoms. The Balaban J connectivity index is 1.33. The lowest BCUT2D eigenvalue weighted by atomic mass is 10.3. The van der Waals surface area contributed by atoms with Gasteiger partial charge in [-0.1, -0.05) is 6.07 Å². The number of halogens is 1. The number of thiophene rings is 1. The molecule has 1 aromatic carbocycles. The summed E-state index contributed by atoms with van der Waals surface area (Å²) in [6.45, 7) is 0.355. The van der Waals surface area contributed by atoms with E-state index in [1.807, 2.05) is 17.5 Å². The lowest BCUT2D eigenvalue weighted by molar-refractivity contribution is -0.123. The Kier molecular flexibility index (Phi) is 5.25. The molecule has 0 spiro atoms. The third kappa shape index (κ3) is 4.14. The first-order valence-corrected chi connectivity index (χ1v) is 9.88. The topological polar surface area (TPSA) is 78.2 Å². The highest BCUT2D eigenvalue weighted by Crippen LogP contribution is 2.37. The standard InChI is InChI=1S/C19H19FN4O3S/c20-13-3-7-15(8-4-13)27-12-17(25)21-9-10-23-19(26)24(14-5-6-14)18(22-23)16-2-1-11-28-16/h1-4,7-8,11,14H,5-6,9-10,12H2,(H,21,25). The summed E-state index contributed by atoms with van der Waals surface area (Å²) in [6, 6.07) is 9.54. The van der Waals surface area contributed by atoms with E-state index in [9.17, 15) is 14.0 Å². The molecule has 1 aliphatic rings. The van der Waals surface area contributed by atoms with E-state index in [1.54, 1.807) is 15.9 Å². The van der Waals surface area contributed by atoms with Crippen LogP contribution in [0.1, 0.15) is 18.9 Å². The Morgan fingerprint density at radius 3 is 2.75 bits per heavy atom. The summed E-state index contributed by atoms with van der Waals surface area (Å²) in [7, 11) is 0. The summed E-state index contributed by atoms with van der Waals surface area (Å²) in [5.74, 6) is 0.414. The molecule has 1 N–H and O–H groups in total. The molecule has 0 radical (unpaired) electrons. The predicted octanol–water partition coefficient (Wildman–Crippen LogP) is 2.44. The molecule has 7 nitrogen and oxygen atoms in total. The van der Waals surface area contributed by atoms with Crippen LogP contribution in [0.25, 0.3) is 10.7 Å². The van der Waals surface area contributed by atoms with E-state index in [-0.39, 0.29) is 43.2 Å². The van der Waals surface area contributed by atoms with Crippen LogP contribution in [0.3, 0.4) is 0 Å². The fraction of sp³-hybridized carbons (Fsp3) is 0.316. The maximum absolute atomic E-state index is 12.8. The number of ether oxygens (including phenoxy) is 1. The largest absolute Gasteiger partial charge is 0.484 e. The van der Waals surface area contributed by atoms with E-state index >= 15 is 0 Å². The SMILES string of the molecule is O=C(COc1ccc(F)cc1)NCCn1nc(-c2cccs2)n(C2CC2)c1=O. The molecule has 28 heavy (non-hydrogen) atoms. The highest BCUT2D eigenvalue weighted by atomic mass is 32.1. The van der Waals surface area contributed by atoms with Crippen molar-refractivity contribution in [2.45, 2.75) is 25.4 Å². The minimum Gasteiger partial charge on any atom is -0.484 e. The van der Waals surface area contributed by atoms with Crippen LogP contribution < -0.4 is 15.7 Å². The summed E-state index contributed by atoms with van der Waals surface area (Å²) in [5.41, 5.74) is -0.150. The number of amides is 1. The van der Waals surface area contributed by atoms with Crippen molar-refractivity contribution in [2.24, 2.45) is 0 Å². The maximum atomic E-state index is 12.8. The molecule has 0 bridgehead atoms. The zero-order valence-electron chi connectivity index (χ0n) is 15.0. The lowest BCUT2D eigenvalue weighted by Gasteiger charge is -2.07. The summed E-state index contributed by atoms with van der Waals surface area (Å²) < 4.78 is 21.3. The quantitative estimate of drug-likeness (QED) is 0.628. The smallest absolute Gasteiger partial charge is 0.346 e. The van der Waals surface area contributed by atoms with Crippen molar-refractivity contribution in [1.82, 2.24) is 19.7 Å². The first kappa shape index (κ1) is 18.4. The maximum Gasteiger partial charge on any atom is 0.346 e. The number of hydrogen-bond acceptors (Lipinski definition) is 5. The molecule has 2 heterocycles. The van der Waals surface area contributed by atoms with Gasteiger partial charge in [-0.15, -0.1) is 16.4 Å². The van der Waals surface area contributed by atoms with E-state index in [0.29, 0.717) is 11.6 Å². The average Bonchev–Trinajstić information content (AvgIpc) is 3.26. The molecule has 0 aliphatic heterocycles. The number of carbonyl (C=O) groups excluding carboxylic acids is 1. The second-order valence-electron chi connectivity index (χ2n) is 6.50. The van der Waals surface area contributed by atoms with Crippen molar-refractivity contribution in [3.05, 3.63) is 58.1 Å². The highest BCUT2D eigenvalue weighted by molar-refractivity contribution is 7.13. The van der Waals surface area contributed by atoms with Crippen LogP contribution in [0.4, 0.5) is 4.39 Å². The molecule has 4 rings (SSSR count). The van der Waals surface area contributed by atoms with Crippen LogP contribution in [0, 0.1) is 5.82 Å². The summed E-state index contributed by atoms with van der Waals surface area (Å²) >= 11 is 1.55. The summed E-state index contributed by atoms with van der Waals surface area (Å²) in [4.78, 5) is 25.6. The third-order valence-corrected chi connectivity index (χ3v) is 5.22. The first-order chi connectivity index (χ1) is 13.6. The molecule has 0 atom stereocenters. The second kappa shape index (κ2) is 7.97. The van der Waals surface area contributed by atoms with Gasteiger partial charge in [0.15, 0.2) is 12.4 Å². The van der Waals surface area contributed by atoms with Gasteiger partial charge in [0.25, 0.3) is 5.91 Å². The molecule has 1 aliphatic carbocycles. The zero-order chi connectivity index (χ0) is 19.5. The van der Waals surface area contributed by atoms with Gasteiger partial charge in [0.2, 0.25) is 0 Å². The van der Waals surface area contributed by atoms with Gasteiger partial charge in [-0.3, -0.25) is 9.36 Å². The molecule has 1 fully saturated rings. The van der Waals surface area contributed by atoms with Crippen molar-refractivity contribution in [2.75, 3.05) is 13.2 Å². The number of nitrogens with one attached hydrogen (secondary N) is 1. The molecule has 0 saturated heterocycles. The van der Waals surface area contributed by atoms with Gasteiger partial charge in [0, 0.05) is 12.6 Å². The summed E-state index contributed by atoms with van der Waals surface area (Å²) in [6.07, 6.45) is 1.98. The van der Waals surface area contributed by atoms with Gasteiger partial charge in [0.1, 0.15) is 11.6 Å². The third-order valence-electron chi connectivity index (χ3n) is 4.35. The van der Waals surface area contributed by atoms with Crippen LogP contribution in [-0.2, 0) is 11.3 Å². The average molecular weight is 402 g/mol. The van der Waals surface area contributed by atoms with Gasteiger partial charge in [-0.05, 0) is 48.6 Å². The number of nitrogens with zero attached hydrogens (tertiary/aromatic N) is 3. The van der Waals surface area contributed by atoms with Crippen LogP contribution >= 0.6 is 11.3 Å². The molecule has 3 aromatic rings. The van der Waals surface area contributed by atoms with Crippen molar-refractivity contribution in [3.8, 4) is 16.5 Å². The van der Waals surface area contributed by atoms with E-state index in [2.05, 4.69) is 10.4 Å². The van der Waals surface area contributed by atoms with Crippen molar-refractivity contribution in [1.29, 1.82) is 0 Å². The number of rotatable bonds is 8. The number of aromatic nitrogens is 3. The molecular weight excluding hydrogens is 383 g/mol. The minimum atomic E-state index is -0.366. The Morgan fingerprint density at radius 2 is 2.07 bits per heavy atom. The van der Waals surface area contributed by atoms with Crippen LogP contribution in [-0.4, -0.2) is 33.4 Å². The molecule has 1 amide bonds. The van der Waals surface area contributed by atoms with Gasteiger partial charge in [-0.2, -0.15) is 0 Å². The fourth-order valence-electron chi connectivity index (χ4n) is 2.83. The molecule has 2 aromatic heterocycles. The minimum absolute atomic E-state index is 0.150. The Hall–Kier alpha value is -2.94. The highest BCUT2D eigenvalue weighted by Gasteiger charge is 2.30. The first-order valence-electron chi connectivity index (χ1n) is 9.00. The van der Waals surface area contributed by atoms with E-state index in [4.69, 9.17) is 4.74 Å². The normalized spacial score (nSPS) is 13.5. The Bertz CT molecular complexity index is 1010.